The van der Waals surface area contributed by atoms with Gasteiger partial charge in [0.1, 0.15) is 11.6 Å². The van der Waals surface area contributed by atoms with Crippen molar-refractivity contribution in [1.82, 2.24) is 0 Å². The van der Waals surface area contributed by atoms with Gasteiger partial charge in [0.15, 0.2) is 0 Å². The number of ether oxygens (including phenoxy) is 1. The van der Waals surface area contributed by atoms with Gasteiger partial charge in [-0.15, -0.1) is 0 Å². The van der Waals surface area contributed by atoms with E-state index >= 15 is 0 Å². The molecule has 3 aromatic rings. The Bertz CT molecular complexity index is 946. The Hall–Kier alpha value is -3.38. The Balaban J connectivity index is 1.69. The summed E-state index contributed by atoms with van der Waals surface area (Å²) in [6, 6.07) is 20.2. The number of rotatable bonds is 2. The molecule has 0 saturated carbocycles. The van der Waals surface area contributed by atoms with Crippen LogP contribution in [0.1, 0.15) is 27.0 Å². The van der Waals surface area contributed by atoms with Crippen LogP contribution in [-0.2, 0) is 0 Å². The van der Waals surface area contributed by atoms with Crippen LogP contribution in [0.5, 0.6) is 5.75 Å². The van der Waals surface area contributed by atoms with E-state index in [1.165, 1.54) is 29.8 Å². The smallest absolute Gasteiger partial charge is 0.343 e. The van der Waals surface area contributed by atoms with Crippen LogP contribution in [0.15, 0.2) is 72.8 Å². The Morgan fingerprint density at radius 1 is 0.880 bits per heavy atom. The number of hydrogen-bond donors (Lipinski definition) is 0. The van der Waals surface area contributed by atoms with Crippen molar-refractivity contribution in [2.45, 2.75) is 6.92 Å². The molecule has 0 aliphatic rings. The minimum Gasteiger partial charge on any atom is -0.423 e. The fourth-order valence-electron chi connectivity index (χ4n) is 2.17. The molecule has 0 unspecified atom stereocenters. The summed E-state index contributed by atoms with van der Waals surface area (Å²) in [4.78, 5) is 12.1. The molecule has 3 rings (SSSR count). The number of benzene rings is 3. The molecule has 0 N–H and O–H groups in total. The average Bonchev–Trinajstić information content (AvgIpc) is 2.62. The van der Waals surface area contributed by atoms with Crippen molar-refractivity contribution >= 4 is 5.97 Å². The monoisotopic (exact) mass is 330 g/mol. The second-order valence-corrected chi connectivity index (χ2v) is 5.54. The number of carbonyl (C=O) groups is 1. The maximum Gasteiger partial charge on any atom is 0.343 e. The molecule has 0 aliphatic heterocycles. The van der Waals surface area contributed by atoms with E-state index in [9.17, 15) is 9.18 Å². The molecule has 0 bridgehead atoms. The highest BCUT2D eigenvalue weighted by molar-refractivity contribution is 5.91. The zero-order chi connectivity index (χ0) is 17.6. The second-order valence-electron chi connectivity index (χ2n) is 5.54. The van der Waals surface area contributed by atoms with Crippen molar-refractivity contribution in [3.05, 3.63) is 101 Å². The minimum atomic E-state index is -0.538. The van der Waals surface area contributed by atoms with Gasteiger partial charge in [-0.1, -0.05) is 35.6 Å². The van der Waals surface area contributed by atoms with Crippen molar-refractivity contribution in [3.8, 4) is 17.6 Å². The molecule has 122 valence electrons. The summed E-state index contributed by atoms with van der Waals surface area (Å²) in [6.07, 6.45) is 0. The van der Waals surface area contributed by atoms with Crippen molar-refractivity contribution in [2.75, 3.05) is 0 Å². The number of halogens is 1. The summed E-state index contributed by atoms with van der Waals surface area (Å²) >= 11 is 0. The molecular weight excluding hydrogens is 315 g/mol. The Morgan fingerprint density at radius 2 is 1.48 bits per heavy atom. The maximum absolute atomic E-state index is 13.1. The molecule has 0 aliphatic carbocycles. The van der Waals surface area contributed by atoms with E-state index in [2.05, 4.69) is 11.8 Å². The summed E-state index contributed by atoms with van der Waals surface area (Å²) in [7, 11) is 0. The molecule has 0 saturated heterocycles. The van der Waals surface area contributed by atoms with Gasteiger partial charge >= 0.3 is 5.97 Å². The molecule has 2 nitrogen and oxygen atoms in total. The molecule has 0 fully saturated rings. The Kier molecular flexibility index (Phi) is 4.92. The number of aryl methyl sites for hydroxylation is 1. The largest absolute Gasteiger partial charge is 0.423 e. The molecule has 0 aromatic heterocycles. The second kappa shape index (κ2) is 7.46. The van der Waals surface area contributed by atoms with E-state index in [1.807, 2.05) is 31.2 Å². The molecule has 0 amide bonds. The zero-order valence-corrected chi connectivity index (χ0v) is 13.6. The van der Waals surface area contributed by atoms with Crippen LogP contribution >= 0.6 is 0 Å². The normalized spacial score (nSPS) is 9.84. The van der Waals surface area contributed by atoms with Gasteiger partial charge in [-0.3, -0.25) is 0 Å². The molecule has 3 aromatic carbocycles. The first-order valence-corrected chi connectivity index (χ1v) is 7.77. The van der Waals surface area contributed by atoms with E-state index in [1.54, 1.807) is 24.3 Å². The summed E-state index contributed by atoms with van der Waals surface area (Å²) in [5.74, 6) is 5.31. The SMILES string of the molecule is Cc1ccc(C#Cc2ccc(C(=O)Oc3cccc(F)c3)cc2)cc1. The number of carbonyl (C=O) groups excluding carboxylic acids is 1. The van der Waals surface area contributed by atoms with E-state index in [0.29, 0.717) is 5.56 Å². The molecule has 0 spiro atoms. The first-order valence-electron chi connectivity index (χ1n) is 7.77. The molecule has 0 heterocycles. The summed E-state index contributed by atoms with van der Waals surface area (Å²) in [6.45, 7) is 2.03. The van der Waals surface area contributed by atoms with Gasteiger partial charge in [0.2, 0.25) is 0 Å². The van der Waals surface area contributed by atoms with Gasteiger partial charge in [0, 0.05) is 17.2 Å². The van der Waals surface area contributed by atoms with Crippen LogP contribution in [0.4, 0.5) is 4.39 Å². The van der Waals surface area contributed by atoms with Gasteiger partial charge in [-0.2, -0.15) is 0 Å². The fraction of sp³-hybridized carbons (Fsp3) is 0.0455. The number of esters is 1. The van der Waals surface area contributed by atoms with E-state index in [0.717, 1.165) is 11.1 Å². The lowest BCUT2D eigenvalue weighted by Crippen LogP contribution is -2.08. The van der Waals surface area contributed by atoms with Crippen LogP contribution in [0.2, 0.25) is 0 Å². The fourth-order valence-corrected chi connectivity index (χ4v) is 2.17. The van der Waals surface area contributed by atoms with E-state index in [4.69, 9.17) is 4.74 Å². The first kappa shape index (κ1) is 16.5. The zero-order valence-electron chi connectivity index (χ0n) is 13.6. The van der Waals surface area contributed by atoms with Gasteiger partial charge in [-0.05, 0) is 55.5 Å². The maximum atomic E-state index is 13.1. The van der Waals surface area contributed by atoms with Crippen LogP contribution in [0.3, 0.4) is 0 Å². The predicted octanol–water partition coefficient (Wildman–Crippen LogP) is 4.75. The lowest BCUT2D eigenvalue weighted by Gasteiger charge is -2.04. The predicted molar refractivity (Wildman–Crippen MR) is 95.0 cm³/mol. The summed E-state index contributed by atoms with van der Waals surface area (Å²) in [5, 5.41) is 0. The third kappa shape index (κ3) is 4.55. The topological polar surface area (TPSA) is 26.3 Å². The van der Waals surface area contributed by atoms with Gasteiger partial charge in [0.25, 0.3) is 0 Å². The average molecular weight is 330 g/mol. The highest BCUT2D eigenvalue weighted by Crippen LogP contribution is 2.14. The molecule has 25 heavy (non-hydrogen) atoms. The van der Waals surface area contributed by atoms with E-state index < -0.39 is 11.8 Å². The lowest BCUT2D eigenvalue weighted by atomic mass is 10.1. The quantitative estimate of drug-likeness (QED) is 0.385. The first-order chi connectivity index (χ1) is 12.1. The minimum absolute atomic E-state index is 0.174. The Morgan fingerprint density at radius 3 is 2.08 bits per heavy atom. The van der Waals surface area contributed by atoms with Crippen molar-refractivity contribution < 1.29 is 13.9 Å². The van der Waals surface area contributed by atoms with Crippen LogP contribution < -0.4 is 4.74 Å². The lowest BCUT2D eigenvalue weighted by molar-refractivity contribution is 0.0734. The van der Waals surface area contributed by atoms with Gasteiger partial charge in [-0.25, -0.2) is 9.18 Å². The van der Waals surface area contributed by atoms with Crippen LogP contribution in [0.25, 0.3) is 0 Å². The molecule has 3 heteroatoms. The van der Waals surface area contributed by atoms with Gasteiger partial charge < -0.3 is 4.74 Å². The molecule has 0 radical (unpaired) electrons. The van der Waals surface area contributed by atoms with Crippen LogP contribution in [-0.4, -0.2) is 5.97 Å². The van der Waals surface area contributed by atoms with Crippen molar-refractivity contribution in [3.63, 3.8) is 0 Å². The van der Waals surface area contributed by atoms with Gasteiger partial charge in [0.05, 0.1) is 5.56 Å². The highest BCUT2D eigenvalue weighted by Gasteiger charge is 2.08. The number of hydrogen-bond acceptors (Lipinski definition) is 2. The third-order valence-corrected chi connectivity index (χ3v) is 3.53. The third-order valence-electron chi connectivity index (χ3n) is 3.53. The van der Waals surface area contributed by atoms with E-state index in [-0.39, 0.29) is 5.75 Å². The highest BCUT2D eigenvalue weighted by atomic mass is 19.1. The standard InChI is InChI=1S/C22H15FO2/c1-16-5-7-17(8-6-16)9-10-18-11-13-19(14-12-18)22(24)25-21-4-2-3-20(23)15-21/h2-8,11-15H,1H3. The van der Waals surface area contributed by atoms with Crippen molar-refractivity contribution in [1.29, 1.82) is 0 Å². The Labute approximate surface area is 145 Å². The van der Waals surface area contributed by atoms with Crippen LogP contribution in [0, 0.1) is 24.6 Å². The molecule has 0 atom stereocenters. The van der Waals surface area contributed by atoms with Crippen molar-refractivity contribution in [2.24, 2.45) is 0 Å². The summed E-state index contributed by atoms with van der Waals surface area (Å²) < 4.78 is 18.3. The molecular formula is C22H15FO2. The summed E-state index contributed by atoms with van der Waals surface area (Å²) in [5.41, 5.74) is 3.29.